The largest absolute Gasteiger partial charge is 0.380 e. The van der Waals surface area contributed by atoms with Crippen molar-refractivity contribution >= 4 is 27.1 Å². The lowest BCUT2D eigenvalue weighted by atomic mass is 10.0. The van der Waals surface area contributed by atoms with Crippen molar-refractivity contribution in [2.45, 2.75) is 57.1 Å². The van der Waals surface area contributed by atoms with E-state index in [2.05, 4.69) is 16.7 Å². The van der Waals surface area contributed by atoms with E-state index >= 15 is 0 Å². The number of rotatable bonds is 7. The van der Waals surface area contributed by atoms with Crippen molar-refractivity contribution in [3.05, 3.63) is 63.7 Å². The van der Waals surface area contributed by atoms with E-state index in [1.165, 1.54) is 11.1 Å². The van der Waals surface area contributed by atoms with Crippen LogP contribution in [0.4, 0.5) is 5.69 Å². The lowest BCUT2D eigenvalue weighted by Crippen LogP contribution is -2.21. The highest BCUT2D eigenvalue weighted by molar-refractivity contribution is 7.92. The minimum Gasteiger partial charge on any atom is -0.380 e. The molecule has 158 valence electrons. The molecule has 1 atom stereocenters. The molecule has 3 rings (SSSR count). The third-order valence-corrected chi connectivity index (χ3v) is 8.75. The number of fused-ring (bicyclic) bond motifs is 1. The van der Waals surface area contributed by atoms with Crippen LogP contribution in [0.3, 0.4) is 0 Å². The number of halogens is 1. The number of hydrogen-bond donors (Lipinski definition) is 2. The van der Waals surface area contributed by atoms with Crippen LogP contribution in [-0.4, -0.2) is 26.8 Å². The van der Waals surface area contributed by atoms with Crippen LogP contribution in [-0.2, 0) is 29.2 Å². The van der Waals surface area contributed by atoms with Gasteiger partial charge in [0.05, 0.1) is 21.2 Å². The predicted molar refractivity (Wildman–Crippen MR) is 123 cm³/mol. The van der Waals surface area contributed by atoms with Crippen molar-refractivity contribution in [2.75, 3.05) is 18.4 Å². The minimum atomic E-state index is -3.17. The van der Waals surface area contributed by atoms with E-state index in [0.717, 1.165) is 47.8 Å². The first-order chi connectivity index (χ1) is 13.8. The van der Waals surface area contributed by atoms with Crippen LogP contribution >= 0.6 is 11.6 Å². The summed E-state index contributed by atoms with van der Waals surface area (Å²) in [5.74, 6) is 0. The number of nitrogens with one attached hydrogen (secondary N) is 2. The van der Waals surface area contributed by atoms with Gasteiger partial charge in [-0.1, -0.05) is 48.9 Å². The lowest BCUT2D eigenvalue weighted by molar-refractivity contribution is 0.570. The monoisotopic (exact) mass is 434 g/mol. The summed E-state index contributed by atoms with van der Waals surface area (Å²) in [5, 5.41) is 6.88. The smallest absolute Gasteiger partial charge is 0.159 e. The average Bonchev–Trinajstić information content (AvgIpc) is 2.94. The Balaban J connectivity index is 1.76. The average molecular weight is 435 g/mol. The van der Waals surface area contributed by atoms with E-state index in [0.29, 0.717) is 13.0 Å². The molecule has 29 heavy (non-hydrogen) atoms. The fraction of sp³-hybridized carbons (Fsp3) is 0.478. The molecule has 1 unspecified atom stereocenters. The Bertz CT molecular complexity index is 940. The molecule has 0 fully saturated rings. The van der Waals surface area contributed by atoms with Crippen LogP contribution < -0.4 is 10.6 Å². The second-order valence-electron chi connectivity index (χ2n) is 7.94. The lowest BCUT2D eigenvalue weighted by Gasteiger charge is -2.20. The van der Waals surface area contributed by atoms with Gasteiger partial charge in [-0.3, -0.25) is 0 Å². The molecule has 2 aromatic carbocycles. The Morgan fingerprint density at radius 2 is 1.76 bits per heavy atom. The standard InChI is InChI=1S/C23H31ClN2O2S/c1-4-22(29(27,28)16(2)3)19-7-5-17(6-8-19)15-26-23-20-12-14-25-13-11-18(20)9-10-21(23)24/h5-10,16,22,25-26H,4,11-15H2,1-3H3. The van der Waals surface area contributed by atoms with Crippen LogP contribution in [0.15, 0.2) is 36.4 Å². The molecule has 0 aliphatic carbocycles. The predicted octanol–water partition coefficient (Wildman–Crippen LogP) is 4.91. The highest BCUT2D eigenvalue weighted by Crippen LogP contribution is 2.32. The van der Waals surface area contributed by atoms with Crippen LogP contribution in [0.25, 0.3) is 0 Å². The summed E-state index contributed by atoms with van der Waals surface area (Å²) >= 11 is 6.50. The molecule has 6 heteroatoms. The molecular weight excluding hydrogens is 404 g/mol. The van der Waals surface area contributed by atoms with Crippen LogP contribution in [0.1, 0.15) is 54.7 Å². The molecule has 0 bridgehead atoms. The topological polar surface area (TPSA) is 58.2 Å². The maximum Gasteiger partial charge on any atom is 0.159 e. The van der Waals surface area contributed by atoms with E-state index < -0.39 is 15.1 Å². The van der Waals surface area contributed by atoms with Gasteiger partial charge in [-0.15, -0.1) is 0 Å². The molecule has 0 saturated carbocycles. The fourth-order valence-electron chi connectivity index (χ4n) is 3.96. The van der Waals surface area contributed by atoms with E-state index in [1.807, 2.05) is 37.3 Å². The Labute approximate surface area is 180 Å². The minimum absolute atomic E-state index is 0.376. The zero-order valence-corrected chi connectivity index (χ0v) is 19.0. The van der Waals surface area contributed by atoms with E-state index in [1.54, 1.807) is 13.8 Å². The van der Waals surface area contributed by atoms with Crippen LogP contribution in [0.2, 0.25) is 5.02 Å². The summed E-state index contributed by atoms with van der Waals surface area (Å²) < 4.78 is 25.3. The molecule has 4 nitrogen and oxygen atoms in total. The van der Waals surface area contributed by atoms with Crippen molar-refractivity contribution < 1.29 is 8.42 Å². The summed E-state index contributed by atoms with van der Waals surface area (Å²) in [4.78, 5) is 0. The SMILES string of the molecule is CCC(c1ccc(CNc2c(Cl)ccc3c2CCNCC3)cc1)S(=O)(=O)C(C)C. The summed E-state index contributed by atoms with van der Waals surface area (Å²) in [6, 6.07) is 12.0. The quantitative estimate of drug-likeness (QED) is 0.649. The van der Waals surface area contributed by atoms with Gasteiger partial charge >= 0.3 is 0 Å². The van der Waals surface area contributed by atoms with E-state index in [4.69, 9.17) is 11.6 Å². The zero-order chi connectivity index (χ0) is 21.0. The van der Waals surface area contributed by atoms with Crippen LogP contribution in [0, 0.1) is 0 Å². The second-order valence-corrected chi connectivity index (χ2v) is 11.0. The molecule has 0 radical (unpaired) electrons. The molecule has 1 aliphatic heterocycles. The van der Waals surface area contributed by atoms with E-state index in [9.17, 15) is 8.42 Å². The summed E-state index contributed by atoms with van der Waals surface area (Å²) in [6.07, 6.45) is 2.55. The Morgan fingerprint density at radius 3 is 2.41 bits per heavy atom. The molecular formula is C23H31ClN2O2S. The van der Waals surface area contributed by atoms with Gasteiger partial charge in [-0.05, 0) is 74.5 Å². The molecule has 0 amide bonds. The highest BCUT2D eigenvalue weighted by Gasteiger charge is 2.28. The fourth-order valence-corrected chi connectivity index (χ4v) is 5.86. The first kappa shape index (κ1) is 22.1. The van der Waals surface area contributed by atoms with Gasteiger partial charge in [-0.25, -0.2) is 8.42 Å². The highest BCUT2D eigenvalue weighted by atomic mass is 35.5. The van der Waals surface area contributed by atoms with Gasteiger partial charge in [0.1, 0.15) is 0 Å². The van der Waals surface area contributed by atoms with Gasteiger partial charge in [0.2, 0.25) is 0 Å². The number of sulfone groups is 1. The zero-order valence-electron chi connectivity index (χ0n) is 17.5. The Kier molecular flexibility index (Phi) is 7.25. The molecule has 1 heterocycles. The maximum absolute atomic E-state index is 12.6. The van der Waals surface area contributed by atoms with Crippen molar-refractivity contribution in [1.82, 2.24) is 5.32 Å². The first-order valence-corrected chi connectivity index (χ1v) is 12.4. The Morgan fingerprint density at radius 1 is 1.07 bits per heavy atom. The first-order valence-electron chi connectivity index (χ1n) is 10.4. The van der Waals surface area contributed by atoms with Crippen molar-refractivity contribution in [2.24, 2.45) is 0 Å². The third-order valence-electron chi connectivity index (χ3n) is 5.73. The molecule has 0 saturated heterocycles. The van der Waals surface area contributed by atoms with Gasteiger partial charge < -0.3 is 10.6 Å². The van der Waals surface area contributed by atoms with Gasteiger partial charge in [0.15, 0.2) is 9.84 Å². The second kappa shape index (κ2) is 9.50. The molecule has 1 aliphatic rings. The number of hydrogen-bond acceptors (Lipinski definition) is 4. The van der Waals surface area contributed by atoms with Gasteiger partial charge in [-0.2, -0.15) is 0 Å². The molecule has 2 aromatic rings. The Hall–Kier alpha value is -1.56. The normalized spacial score (nSPS) is 15.6. The van der Waals surface area contributed by atoms with E-state index in [-0.39, 0.29) is 5.25 Å². The summed E-state index contributed by atoms with van der Waals surface area (Å²) in [7, 11) is -3.17. The summed E-state index contributed by atoms with van der Waals surface area (Å²) in [6.45, 7) is 8.03. The third kappa shape index (κ3) is 4.96. The summed E-state index contributed by atoms with van der Waals surface area (Å²) in [5.41, 5.74) is 5.63. The molecule has 2 N–H and O–H groups in total. The van der Waals surface area contributed by atoms with Gasteiger partial charge in [0.25, 0.3) is 0 Å². The van der Waals surface area contributed by atoms with Crippen LogP contribution in [0.5, 0.6) is 0 Å². The number of benzene rings is 2. The van der Waals surface area contributed by atoms with Crippen molar-refractivity contribution in [3.63, 3.8) is 0 Å². The van der Waals surface area contributed by atoms with Crippen molar-refractivity contribution in [1.29, 1.82) is 0 Å². The van der Waals surface area contributed by atoms with Gasteiger partial charge in [0, 0.05) is 6.54 Å². The molecule has 0 spiro atoms. The van der Waals surface area contributed by atoms with Crippen molar-refractivity contribution in [3.8, 4) is 0 Å². The molecule has 0 aromatic heterocycles. The number of anilines is 1. The maximum atomic E-state index is 12.6.